The second kappa shape index (κ2) is 10.1. The number of methoxy groups -OCH3 is 1. The normalized spacial score (nSPS) is 11.8. The number of carbonyl (C=O) groups is 1. The lowest BCUT2D eigenvalue weighted by Crippen LogP contribution is -2.24. The van der Waals surface area contributed by atoms with E-state index in [1.54, 1.807) is 13.2 Å². The first-order valence-electron chi connectivity index (χ1n) is 9.54. The fourth-order valence-electron chi connectivity index (χ4n) is 2.90. The molecule has 29 heavy (non-hydrogen) atoms. The number of hydrogen-bond acceptors (Lipinski definition) is 3. The Hall–Kier alpha value is -3.53. The Morgan fingerprint density at radius 1 is 0.966 bits per heavy atom. The number of hydrogen-bond donors (Lipinski definition) is 1. The van der Waals surface area contributed by atoms with Crippen LogP contribution >= 0.6 is 0 Å². The maximum absolute atomic E-state index is 12.2. The zero-order valence-corrected chi connectivity index (χ0v) is 16.7. The minimum absolute atomic E-state index is 0.0587. The van der Waals surface area contributed by atoms with E-state index < -0.39 is 0 Å². The average Bonchev–Trinajstić information content (AvgIpc) is 2.77. The minimum Gasteiger partial charge on any atom is -0.493 e. The van der Waals surface area contributed by atoms with E-state index in [2.05, 4.69) is 5.32 Å². The molecule has 0 heterocycles. The highest BCUT2D eigenvalue weighted by Gasteiger charge is 2.08. The molecule has 0 bridgehead atoms. The summed E-state index contributed by atoms with van der Waals surface area (Å²) in [6.45, 7) is 2.43. The standard InChI is InChI=1S/C25H25NO3/c1-19(22-11-7-4-8-12-22)26-25(27)16-14-20-13-15-23(24(17-20)28-2)29-18-21-9-5-3-6-10-21/h3-17,19H,18H2,1-2H3,(H,26,27). The summed E-state index contributed by atoms with van der Waals surface area (Å²) in [7, 11) is 1.60. The second-order valence-corrected chi connectivity index (χ2v) is 6.66. The molecule has 3 aromatic rings. The van der Waals surface area contributed by atoms with Gasteiger partial charge in [0, 0.05) is 6.08 Å². The summed E-state index contributed by atoms with van der Waals surface area (Å²) >= 11 is 0. The number of benzene rings is 3. The van der Waals surface area contributed by atoms with Gasteiger partial charge >= 0.3 is 0 Å². The highest BCUT2D eigenvalue weighted by Crippen LogP contribution is 2.29. The molecule has 4 heteroatoms. The number of nitrogens with one attached hydrogen (secondary N) is 1. The highest BCUT2D eigenvalue weighted by molar-refractivity contribution is 5.92. The molecule has 3 rings (SSSR count). The van der Waals surface area contributed by atoms with Crippen molar-refractivity contribution in [2.24, 2.45) is 0 Å². The first-order chi connectivity index (χ1) is 14.2. The number of ether oxygens (including phenoxy) is 2. The van der Waals surface area contributed by atoms with Crippen LogP contribution < -0.4 is 14.8 Å². The lowest BCUT2D eigenvalue weighted by atomic mass is 10.1. The number of amides is 1. The molecule has 148 valence electrons. The number of carbonyl (C=O) groups excluding carboxylic acids is 1. The van der Waals surface area contributed by atoms with Gasteiger partial charge in [0.2, 0.25) is 5.91 Å². The van der Waals surface area contributed by atoms with Gasteiger partial charge in [0.1, 0.15) is 6.61 Å². The van der Waals surface area contributed by atoms with Crippen molar-refractivity contribution in [3.63, 3.8) is 0 Å². The zero-order valence-electron chi connectivity index (χ0n) is 16.7. The molecule has 0 spiro atoms. The van der Waals surface area contributed by atoms with Gasteiger partial charge in [-0.05, 0) is 41.8 Å². The molecule has 0 aromatic heterocycles. The molecule has 1 amide bonds. The predicted octanol–water partition coefficient (Wildman–Crippen LogP) is 5.16. The topological polar surface area (TPSA) is 47.6 Å². The van der Waals surface area contributed by atoms with Gasteiger partial charge < -0.3 is 14.8 Å². The largest absolute Gasteiger partial charge is 0.493 e. The van der Waals surface area contributed by atoms with E-state index in [0.29, 0.717) is 18.1 Å². The van der Waals surface area contributed by atoms with Crippen LogP contribution in [0.4, 0.5) is 0 Å². The molecular weight excluding hydrogens is 362 g/mol. The molecule has 1 N–H and O–H groups in total. The van der Waals surface area contributed by atoms with Crippen LogP contribution in [0.25, 0.3) is 6.08 Å². The highest BCUT2D eigenvalue weighted by atomic mass is 16.5. The second-order valence-electron chi connectivity index (χ2n) is 6.66. The van der Waals surface area contributed by atoms with Gasteiger partial charge in [0.25, 0.3) is 0 Å². The summed E-state index contributed by atoms with van der Waals surface area (Å²) in [4.78, 5) is 12.2. The van der Waals surface area contributed by atoms with Crippen LogP contribution in [0.1, 0.15) is 29.7 Å². The Kier molecular flexibility index (Phi) is 7.06. The van der Waals surface area contributed by atoms with Crippen LogP contribution in [0, 0.1) is 0 Å². The summed E-state index contributed by atoms with van der Waals surface area (Å²) < 4.78 is 11.3. The molecule has 1 atom stereocenters. The van der Waals surface area contributed by atoms with Crippen molar-refractivity contribution in [1.29, 1.82) is 0 Å². The molecule has 0 aliphatic heterocycles. The quantitative estimate of drug-likeness (QED) is 0.543. The van der Waals surface area contributed by atoms with Crippen molar-refractivity contribution < 1.29 is 14.3 Å². The predicted molar refractivity (Wildman–Crippen MR) is 116 cm³/mol. The van der Waals surface area contributed by atoms with Crippen molar-refractivity contribution in [3.05, 3.63) is 102 Å². The van der Waals surface area contributed by atoms with Crippen LogP contribution in [-0.2, 0) is 11.4 Å². The van der Waals surface area contributed by atoms with Gasteiger partial charge in [-0.1, -0.05) is 66.7 Å². The third-order valence-corrected chi connectivity index (χ3v) is 4.51. The Labute approximate surface area is 171 Å². The first kappa shape index (κ1) is 20.2. The summed E-state index contributed by atoms with van der Waals surface area (Å²) in [5.41, 5.74) is 3.01. The Morgan fingerprint density at radius 2 is 1.66 bits per heavy atom. The maximum Gasteiger partial charge on any atom is 0.244 e. The van der Waals surface area contributed by atoms with Crippen molar-refractivity contribution in [2.75, 3.05) is 7.11 Å². The van der Waals surface area contributed by atoms with Gasteiger partial charge in [0.15, 0.2) is 11.5 Å². The molecule has 0 radical (unpaired) electrons. The van der Waals surface area contributed by atoms with Gasteiger partial charge in [-0.25, -0.2) is 0 Å². The maximum atomic E-state index is 12.2. The molecule has 0 saturated heterocycles. The molecule has 0 aliphatic rings. The minimum atomic E-state index is -0.148. The lowest BCUT2D eigenvalue weighted by Gasteiger charge is -2.13. The van der Waals surface area contributed by atoms with Crippen LogP contribution in [0.2, 0.25) is 0 Å². The third-order valence-electron chi connectivity index (χ3n) is 4.51. The average molecular weight is 387 g/mol. The molecule has 3 aromatic carbocycles. The van der Waals surface area contributed by atoms with Gasteiger partial charge in [0.05, 0.1) is 13.2 Å². The van der Waals surface area contributed by atoms with Crippen LogP contribution in [0.15, 0.2) is 84.9 Å². The summed E-state index contributed by atoms with van der Waals surface area (Å²) in [6, 6.07) is 25.4. The molecule has 0 aliphatic carbocycles. The van der Waals surface area contributed by atoms with Gasteiger partial charge in [-0.2, -0.15) is 0 Å². The van der Waals surface area contributed by atoms with E-state index in [4.69, 9.17) is 9.47 Å². The molecular formula is C25H25NO3. The van der Waals surface area contributed by atoms with Gasteiger partial charge in [-0.15, -0.1) is 0 Å². The van der Waals surface area contributed by atoms with Crippen LogP contribution in [0.3, 0.4) is 0 Å². The van der Waals surface area contributed by atoms with E-state index in [0.717, 1.165) is 16.7 Å². The monoisotopic (exact) mass is 387 g/mol. The fraction of sp³-hybridized carbons (Fsp3) is 0.160. The van der Waals surface area contributed by atoms with Crippen LogP contribution in [-0.4, -0.2) is 13.0 Å². The van der Waals surface area contributed by atoms with E-state index >= 15 is 0 Å². The SMILES string of the molecule is COc1cc(C=CC(=O)NC(C)c2ccccc2)ccc1OCc1ccccc1. The van der Waals surface area contributed by atoms with Gasteiger partial charge in [-0.3, -0.25) is 4.79 Å². The first-order valence-corrected chi connectivity index (χ1v) is 9.54. The van der Waals surface area contributed by atoms with E-state index in [-0.39, 0.29) is 11.9 Å². The summed E-state index contributed by atoms with van der Waals surface area (Å²) in [5, 5.41) is 2.96. The van der Waals surface area contributed by atoms with Crippen molar-refractivity contribution in [1.82, 2.24) is 5.32 Å². The smallest absolute Gasteiger partial charge is 0.244 e. The number of rotatable bonds is 8. The zero-order chi connectivity index (χ0) is 20.5. The third kappa shape index (κ3) is 5.98. The van der Waals surface area contributed by atoms with E-state index in [9.17, 15) is 4.79 Å². The van der Waals surface area contributed by atoms with Crippen LogP contribution in [0.5, 0.6) is 11.5 Å². The van der Waals surface area contributed by atoms with Crippen molar-refractivity contribution >= 4 is 12.0 Å². The molecule has 0 saturated carbocycles. The molecule has 0 fully saturated rings. The summed E-state index contributed by atoms with van der Waals surface area (Å²) in [6.07, 6.45) is 3.29. The summed E-state index contributed by atoms with van der Waals surface area (Å²) in [5.74, 6) is 1.14. The molecule has 1 unspecified atom stereocenters. The van der Waals surface area contributed by atoms with E-state index in [1.807, 2.05) is 85.8 Å². The Morgan fingerprint density at radius 3 is 2.34 bits per heavy atom. The van der Waals surface area contributed by atoms with E-state index in [1.165, 1.54) is 6.08 Å². The Balaban J connectivity index is 1.61. The van der Waals surface area contributed by atoms with Crippen molar-refractivity contribution in [3.8, 4) is 11.5 Å². The molecule has 4 nitrogen and oxygen atoms in total. The fourth-order valence-corrected chi connectivity index (χ4v) is 2.90. The van der Waals surface area contributed by atoms with Crippen molar-refractivity contribution in [2.45, 2.75) is 19.6 Å². The lowest BCUT2D eigenvalue weighted by molar-refractivity contribution is -0.117. The Bertz CT molecular complexity index is 952.